The van der Waals surface area contributed by atoms with Crippen LogP contribution in [0.15, 0.2) is 24.3 Å². The molecule has 1 rings (SSSR count). The highest BCUT2D eigenvalue weighted by atomic mass is 32.2. The van der Waals surface area contributed by atoms with E-state index in [4.69, 9.17) is 0 Å². The molecule has 0 radical (unpaired) electrons. The van der Waals surface area contributed by atoms with Gasteiger partial charge in [0.25, 0.3) is 5.91 Å². The lowest BCUT2D eigenvalue weighted by molar-refractivity contribution is 0.0953. The Labute approximate surface area is 114 Å². The summed E-state index contributed by atoms with van der Waals surface area (Å²) in [4.78, 5) is 11.8. The molecule has 0 fully saturated rings. The number of rotatable bonds is 8. The molecule has 3 nitrogen and oxygen atoms in total. The van der Waals surface area contributed by atoms with E-state index in [9.17, 15) is 4.79 Å². The lowest BCUT2D eigenvalue weighted by atomic mass is 10.1. The first kappa shape index (κ1) is 15.1. The monoisotopic (exact) mass is 266 g/mol. The van der Waals surface area contributed by atoms with E-state index in [1.807, 2.05) is 43.1 Å². The maximum absolute atomic E-state index is 11.8. The minimum atomic E-state index is 0.0146. The summed E-state index contributed by atoms with van der Waals surface area (Å²) in [6.07, 6.45) is 0.952. The van der Waals surface area contributed by atoms with E-state index in [0.717, 1.165) is 30.0 Å². The van der Waals surface area contributed by atoms with Crippen LogP contribution in [0.1, 0.15) is 29.3 Å². The minimum Gasteiger partial charge on any atom is -0.352 e. The Morgan fingerprint density at radius 3 is 2.56 bits per heavy atom. The lowest BCUT2D eigenvalue weighted by Gasteiger charge is -2.06. The van der Waals surface area contributed by atoms with Gasteiger partial charge in [0, 0.05) is 17.9 Å². The van der Waals surface area contributed by atoms with Crippen molar-refractivity contribution in [3.8, 4) is 0 Å². The number of thioether (sulfide) groups is 1. The number of benzene rings is 1. The Morgan fingerprint density at radius 2 is 1.94 bits per heavy atom. The zero-order valence-corrected chi connectivity index (χ0v) is 12.0. The van der Waals surface area contributed by atoms with Gasteiger partial charge in [0.1, 0.15) is 0 Å². The van der Waals surface area contributed by atoms with Crippen molar-refractivity contribution < 1.29 is 4.79 Å². The zero-order valence-electron chi connectivity index (χ0n) is 11.2. The minimum absolute atomic E-state index is 0.0146. The summed E-state index contributed by atoms with van der Waals surface area (Å²) in [6.45, 7) is 3.79. The summed E-state index contributed by atoms with van der Waals surface area (Å²) in [7, 11) is 1.91. The van der Waals surface area contributed by atoms with Gasteiger partial charge in [-0.15, -0.1) is 0 Å². The smallest absolute Gasteiger partial charge is 0.251 e. The van der Waals surface area contributed by atoms with Gasteiger partial charge < -0.3 is 10.6 Å². The molecule has 18 heavy (non-hydrogen) atoms. The van der Waals surface area contributed by atoms with E-state index in [1.54, 1.807) is 0 Å². The second-order valence-electron chi connectivity index (χ2n) is 4.05. The first-order valence-corrected chi connectivity index (χ1v) is 7.53. The highest BCUT2D eigenvalue weighted by Gasteiger charge is 2.04. The number of nitrogens with one attached hydrogen (secondary N) is 2. The molecule has 0 heterocycles. The van der Waals surface area contributed by atoms with Crippen molar-refractivity contribution in [3.63, 3.8) is 0 Å². The van der Waals surface area contributed by atoms with Gasteiger partial charge in [-0.25, -0.2) is 0 Å². The van der Waals surface area contributed by atoms with Crippen LogP contribution in [0.4, 0.5) is 0 Å². The van der Waals surface area contributed by atoms with Crippen LogP contribution in [0.25, 0.3) is 0 Å². The quantitative estimate of drug-likeness (QED) is 0.709. The van der Waals surface area contributed by atoms with Crippen molar-refractivity contribution in [2.45, 2.75) is 19.1 Å². The molecule has 0 aliphatic rings. The molecule has 0 bridgehead atoms. The van der Waals surface area contributed by atoms with Crippen LogP contribution in [0.2, 0.25) is 0 Å². The molecule has 1 aromatic carbocycles. The van der Waals surface area contributed by atoms with E-state index in [-0.39, 0.29) is 5.91 Å². The molecule has 0 saturated carbocycles. The van der Waals surface area contributed by atoms with Gasteiger partial charge >= 0.3 is 0 Å². The van der Waals surface area contributed by atoms with Gasteiger partial charge in [-0.05, 0) is 43.5 Å². The molecule has 2 N–H and O–H groups in total. The van der Waals surface area contributed by atoms with Crippen molar-refractivity contribution in [2.24, 2.45) is 0 Å². The van der Waals surface area contributed by atoms with Gasteiger partial charge in [0.15, 0.2) is 0 Å². The zero-order chi connectivity index (χ0) is 13.2. The summed E-state index contributed by atoms with van der Waals surface area (Å²) in [6, 6.07) is 7.87. The lowest BCUT2D eigenvalue weighted by Crippen LogP contribution is -2.26. The SMILES string of the molecule is CCSCc1ccc(C(=O)NCCCNC)cc1. The maximum Gasteiger partial charge on any atom is 0.251 e. The van der Waals surface area contributed by atoms with E-state index in [0.29, 0.717) is 6.54 Å². The van der Waals surface area contributed by atoms with Crippen LogP contribution in [0, 0.1) is 0 Å². The molecule has 100 valence electrons. The largest absolute Gasteiger partial charge is 0.352 e. The molecular weight excluding hydrogens is 244 g/mol. The summed E-state index contributed by atoms with van der Waals surface area (Å²) in [5.41, 5.74) is 2.01. The van der Waals surface area contributed by atoms with E-state index in [1.165, 1.54) is 5.56 Å². The summed E-state index contributed by atoms with van der Waals surface area (Å²) in [5, 5.41) is 5.97. The topological polar surface area (TPSA) is 41.1 Å². The summed E-state index contributed by atoms with van der Waals surface area (Å²) in [5.74, 6) is 2.15. The second kappa shape index (κ2) is 9.00. The predicted molar refractivity (Wildman–Crippen MR) is 79.2 cm³/mol. The van der Waals surface area contributed by atoms with Crippen LogP contribution >= 0.6 is 11.8 Å². The molecule has 1 amide bonds. The van der Waals surface area contributed by atoms with Crippen molar-refractivity contribution in [3.05, 3.63) is 35.4 Å². The van der Waals surface area contributed by atoms with Crippen LogP contribution in [-0.4, -0.2) is 31.8 Å². The third-order valence-corrected chi connectivity index (χ3v) is 3.52. The third kappa shape index (κ3) is 5.56. The number of hydrogen-bond acceptors (Lipinski definition) is 3. The fraction of sp³-hybridized carbons (Fsp3) is 0.500. The van der Waals surface area contributed by atoms with Crippen LogP contribution in [0.3, 0.4) is 0 Å². The number of amides is 1. The molecule has 0 unspecified atom stereocenters. The molecule has 0 saturated heterocycles. The van der Waals surface area contributed by atoms with Gasteiger partial charge in [-0.1, -0.05) is 19.1 Å². The second-order valence-corrected chi connectivity index (χ2v) is 5.32. The van der Waals surface area contributed by atoms with Gasteiger partial charge in [0.2, 0.25) is 0 Å². The Kier molecular flexibility index (Phi) is 7.53. The number of carbonyl (C=O) groups is 1. The van der Waals surface area contributed by atoms with E-state index in [2.05, 4.69) is 17.6 Å². The Balaban J connectivity index is 2.38. The third-order valence-electron chi connectivity index (χ3n) is 2.58. The molecule has 4 heteroatoms. The Bertz CT molecular complexity index is 351. The average molecular weight is 266 g/mol. The van der Waals surface area contributed by atoms with Crippen molar-refractivity contribution in [1.29, 1.82) is 0 Å². The maximum atomic E-state index is 11.8. The van der Waals surface area contributed by atoms with Gasteiger partial charge in [-0.3, -0.25) is 4.79 Å². The molecule has 0 atom stereocenters. The molecule has 0 aliphatic carbocycles. The van der Waals surface area contributed by atoms with Crippen molar-refractivity contribution >= 4 is 17.7 Å². The molecule has 0 aromatic heterocycles. The normalized spacial score (nSPS) is 10.3. The van der Waals surface area contributed by atoms with Crippen LogP contribution in [-0.2, 0) is 5.75 Å². The standard InChI is InChI=1S/C14H22N2OS/c1-3-18-11-12-5-7-13(8-6-12)14(17)16-10-4-9-15-2/h5-8,15H,3-4,9-11H2,1-2H3,(H,16,17). The first-order valence-electron chi connectivity index (χ1n) is 6.37. The number of hydrogen-bond donors (Lipinski definition) is 2. The van der Waals surface area contributed by atoms with Crippen LogP contribution in [0.5, 0.6) is 0 Å². The molecule has 0 spiro atoms. The highest BCUT2D eigenvalue weighted by Crippen LogP contribution is 2.12. The van der Waals surface area contributed by atoms with Gasteiger partial charge in [0.05, 0.1) is 0 Å². The van der Waals surface area contributed by atoms with Crippen LogP contribution < -0.4 is 10.6 Å². The Hall–Kier alpha value is -1.00. The summed E-state index contributed by atoms with van der Waals surface area (Å²) < 4.78 is 0. The molecule has 1 aromatic rings. The summed E-state index contributed by atoms with van der Waals surface area (Å²) >= 11 is 1.89. The Morgan fingerprint density at radius 1 is 1.22 bits per heavy atom. The fourth-order valence-corrected chi connectivity index (χ4v) is 2.17. The fourth-order valence-electron chi connectivity index (χ4n) is 1.54. The predicted octanol–water partition coefficient (Wildman–Crippen LogP) is 2.28. The first-order chi connectivity index (χ1) is 8.77. The number of carbonyl (C=O) groups excluding carboxylic acids is 1. The molecular formula is C14H22N2OS. The van der Waals surface area contributed by atoms with Crippen molar-refractivity contribution in [1.82, 2.24) is 10.6 Å². The van der Waals surface area contributed by atoms with Gasteiger partial charge in [-0.2, -0.15) is 11.8 Å². The van der Waals surface area contributed by atoms with E-state index >= 15 is 0 Å². The molecule has 0 aliphatic heterocycles. The average Bonchev–Trinajstić information content (AvgIpc) is 2.41. The van der Waals surface area contributed by atoms with E-state index < -0.39 is 0 Å². The van der Waals surface area contributed by atoms with Crippen molar-refractivity contribution in [2.75, 3.05) is 25.9 Å². The highest BCUT2D eigenvalue weighted by molar-refractivity contribution is 7.98.